The molecule has 0 amide bonds. The van der Waals surface area contributed by atoms with E-state index in [0.717, 1.165) is 16.5 Å². The number of aromatic nitrogens is 1. The molecule has 1 heterocycles. The molecule has 0 bridgehead atoms. The molecule has 3 heteroatoms. The van der Waals surface area contributed by atoms with Gasteiger partial charge in [-0.2, -0.15) is 0 Å². The van der Waals surface area contributed by atoms with E-state index < -0.39 is 0 Å². The number of pyridine rings is 1. The second-order valence-electron chi connectivity index (χ2n) is 2.84. The molecule has 0 spiro atoms. The van der Waals surface area contributed by atoms with Crippen molar-refractivity contribution in [1.82, 2.24) is 4.98 Å². The van der Waals surface area contributed by atoms with E-state index in [2.05, 4.69) is 4.98 Å². The number of para-hydroxylation sites is 1. The maximum absolute atomic E-state index is 5.91. The van der Waals surface area contributed by atoms with Gasteiger partial charge >= 0.3 is 0 Å². The predicted octanol–water partition coefficient (Wildman–Crippen LogP) is 2.56. The Bertz CT molecular complexity index is 442. The second kappa shape index (κ2) is 3.39. The highest BCUT2D eigenvalue weighted by atomic mass is 35.5. The fourth-order valence-electron chi connectivity index (χ4n) is 1.28. The average Bonchev–Trinajstić information content (AvgIpc) is 2.17. The number of hydrogen-bond acceptors (Lipinski definition) is 1. The third-order valence-corrected chi connectivity index (χ3v) is 2.30. The van der Waals surface area contributed by atoms with Gasteiger partial charge in [0.25, 0.3) is 0 Å². The molecule has 2 radical (unpaired) electrons. The van der Waals surface area contributed by atoms with Gasteiger partial charge in [-0.15, -0.1) is 0 Å². The SMILES string of the molecule is [B]Cc1cc2ccccc2nc1Cl. The quantitative estimate of drug-likeness (QED) is 0.494. The zero-order valence-electron chi connectivity index (χ0n) is 7.00. The molecule has 0 saturated heterocycles. The van der Waals surface area contributed by atoms with Gasteiger partial charge in [-0.3, -0.25) is 0 Å². The molecule has 0 fully saturated rings. The van der Waals surface area contributed by atoms with Crippen LogP contribution in [0.1, 0.15) is 5.56 Å². The second-order valence-corrected chi connectivity index (χ2v) is 3.19. The summed E-state index contributed by atoms with van der Waals surface area (Å²) < 4.78 is 0. The van der Waals surface area contributed by atoms with E-state index in [-0.39, 0.29) is 0 Å². The van der Waals surface area contributed by atoms with E-state index in [1.54, 1.807) is 0 Å². The Labute approximate surface area is 83.2 Å². The van der Waals surface area contributed by atoms with E-state index in [4.69, 9.17) is 19.4 Å². The van der Waals surface area contributed by atoms with E-state index in [1.165, 1.54) is 0 Å². The van der Waals surface area contributed by atoms with Crippen molar-refractivity contribution in [3.63, 3.8) is 0 Å². The van der Waals surface area contributed by atoms with Crippen LogP contribution in [0.15, 0.2) is 30.3 Å². The van der Waals surface area contributed by atoms with Crippen LogP contribution in [0.2, 0.25) is 5.15 Å². The number of nitrogens with zero attached hydrogens (tertiary/aromatic N) is 1. The molecule has 0 atom stereocenters. The van der Waals surface area contributed by atoms with Gasteiger partial charge in [-0.1, -0.05) is 36.1 Å². The highest BCUT2D eigenvalue weighted by Gasteiger charge is 2.01. The van der Waals surface area contributed by atoms with Gasteiger partial charge in [-0.05, 0) is 17.7 Å². The molecule has 1 aromatic carbocycles. The Morgan fingerprint density at radius 1 is 1.31 bits per heavy atom. The Morgan fingerprint density at radius 2 is 2.08 bits per heavy atom. The third-order valence-electron chi connectivity index (χ3n) is 1.97. The summed E-state index contributed by atoms with van der Waals surface area (Å²) in [5.41, 5.74) is 1.80. The standard InChI is InChI=1S/C10H7BClN/c11-6-8-5-7-3-1-2-4-9(7)13-10(8)12/h1-5H,6H2. The van der Waals surface area contributed by atoms with Crippen LogP contribution in [0, 0.1) is 0 Å². The van der Waals surface area contributed by atoms with Crippen LogP contribution < -0.4 is 0 Å². The predicted molar refractivity (Wildman–Crippen MR) is 56.2 cm³/mol. The number of hydrogen-bond donors (Lipinski definition) is 0. The first-order valence-corrected chi connectivity index (χ1v) is 4.43. The third kappa shape index (κ3) is 1.54. The van der Waals surface area contributed by atoms with Gasteiger partial charge < -0.3 is 0 Å². The smallest absolute Gasteiger partial charge is 0.132 e. The van der Waals surface area contributed by atoms with Crippen molar-refractivity contribution in [3.8, 4) is 0 Å². The van der Waals surface area contributed by atoms with Gasteiger partial charge in [0, 0.05) is 5.39 Å². The van der Waals surface area contributed by atoms with Crippen molar-refractivity contribution in [2.75, 3.05) is 0 Å². The lowest BCUT2D eigenvalue weighted by Gasteiger charge is -2.02. The number of fused-ring (bicyclic) bond motifs is 1. The van der Waals surface area contributed by atoms with E-state index >= 15 is 0 Å². The fraction of sp³-hybridized carbons (Fsp3) is 0.100. The van der Waals surface area contributed by atoms with Gasteiger partial charge in [0.2, 0.25) is 0 Å². The number of benzene rings is 1. The largest absolute Gasteiger partial charge is 0.236 e. The lowest BCUT2D eigenvalue weighted by molar-refractivity contribution is 1.30. The summed E-state index contributed by atoms with van der Waals surface area (Å²) in [4.78, 5) is 4.23. The van der Waals surface area contributed by atoms with Crippen LogP contribution in [0.4, 0.5) is 0 Å². The molecule has 0 unspecified atom stereocenters. The topological polar surface area (TPSA) is 12.9 Å². The lowest BCUT2D eigenvalue weighted by atomic mass is 9.97. The van der Waals surface area contributed by atoms with Crippen LogP contribution >= 0.6 is 11.6 Å². The summed E-state index contributed by atoms with van der Waals surface area (Å²) in [5.74, 6) is 0. The molecule has 0 aliphatic rings. The van der Waals surface area contributed by atoms with E-state index in [1.807, 2.05) is 30.3 Å². The maximum Gasteiger partial charge on any atom is 0.132 e. The van der Waals surface area contributed by atoms with Crippen LogP contribution in [-0.4, -0.2) is 12.8 Å². The summed E-state index contributed by atoms with van der Waals surface area (Å²) in [5, 5.41) is 1.58. The van der Waals surface area contributed by atoms with Crippen LogP contribution in [0.5, 0.6) is 0 Å². The normalized spacial score (nSPS) is 10.5. The van der Waals surface area contributed by atoms with Crippen molar-refractivity contribution in [3.05, 3.63) is 41.0 Å². The summed E-state index contributed by atoms with van der Waals surface area (Å²) in [7, 11) is 5.52. The van der Waals surface area contributed by atoms with E-state index in [9.17, 15) is 0 Å². The Hall–Kier alpha value is -1.02. The molecule has 0 aliphatic carbocycles. The molecule has 62 valence electrons. The van der Waals surface area contributed by atoms with Gasteiger partial charge in [-0.25, -0.2) is 4.98 Å². The molecule has 13 heavy (non-hydrogen) atoms. The molecule has 2 aromatic rings. The Balaban J connectivity index is 2.74. The molecular weight excluding hydrogens is 180 g/mol. The minimum Gasteiger partial charge on any atom is -0.236 e. The molecule has 0 aliphatic heterocycles. The zero-order valence-corrected chi connectivity index (χ0v) is 7.75. The molecule has 2 rings (SSSR count). The van der Waals surface area contributed by atoms with Gasteiger partial charge in [0.05, 0.1) is 13.4 Å². The minimum atomic E-state index is 0.427. The highest BCUT2D eigenvalue weighted by molar-refractivity contribution is 6.31. The summed E-state index contributed by atoms with van der Waals surface area (Å²) in [6.45, 7) is 0. The summed E-state index contributed by atoms with van der Waals surface area (Å²) in [6.07, 6.45) is 0.427. The monoisotopic (exact) mass is 187 g/mol. The van der Waals surface area contributed by atoms with Crippen molar-refractivity contribution >= 4 is 30.4 Å². The fourth-order valence-corrected chi connectivity index (χ4v) is 1.50. The minimum absolute atomic E-state index is 0.427. The molecule has 0 N–H and O–H groups in total. The van der Waals surface area contributed by atoms with Crippen molar-refractivity contribution in [2.45, 2.75) is 6.32 Å². The first-order chi connectivity index (χ1) is 6.31. The molecule has 0 saturated carbocycles. The van der Waals surface area contributed by atoms with Crippen molar-refractivity contribution in [1.29, 1.82) is 0 Å². The summed E-state index contributed by atoms with van der Waals surface area (Å²) in [6, 6.07) is 9.82. The first-order valence-electron chi connectivity index (χ1n) is 4.05. The highest BCUT2D eigenvalue weighted by Crippen LogP contribution is 2.19. The van der Waals surface area contributed by atoms with E-state index in [0.29, 0.717) is 11.5 Å². The van der Waals surface area contributed by atoms with Crippen LogP contribution in [0.3, 0.4) is 0 Å². The van der Waals surface area contributed by atoms with Crippen LogP contribution in [0.25, 0.3) is 10.9 Å². The van der Waals surface area contributed by atoms with Crippen LogP contribution in [-0.2, 0) is 6.32 Å². The molecular formula is C10H7BClN. The van der Waals surface area contributed by atoms with Crippen molar-refractivity contribution in [2.24, 2.45) is 0 Å². The van der Waals surface area contributed by atoms with Gasteiger partial charge in [0.1, 0.15) is 5.15 Å². The average molecular weight is 187 g/mol. The first kappa shape index (κ1) is 8.58. The Morgan fingerprint density at radius 3 is 2.85 bits per heavy atom. The maximum atomic E-state index is 5.91. The number of rotatable bonds is 1. The van der Waals surface area contributed by atoms with Crippen molar-refractivity contribution < 1.29 is 0 Å². The number of halogens is 1. The Kier molecular flexibility index (Phi) is 2.23. The molecule has 1 aromatic heterocycles. The lowest BCUT2D eigenvalue weighted by Crippen LogP contribution is -1.89. The summed E-state index contributed by atoms with van der Waals surface area (Å²) >= 11 is 5.91. The zero-order chi connectivity index (χ0) is 9.26. The molecule has 1 nitrogen and oxygen atoms in total. The van der Waals surface area contributed by atoms with Gasteiger partial charge in [0.15, 0.2) is 0 Å².